The lowest BCUT2D eigenvalue weighted by Gasteiger charge is -2.37. The molecule has 3 aliphatic carbocycles. The second-order valence-electron chi connectivity index (χ2n) is 6.58. The summed E-state index contributed by atoms with van der Waals surface area (Å²) in [5.41, 5.74) is 0. The van der Waals surface area contributed by atoms with Crippen molar-refractivity contribution >= 4 is 17.5 Å². The fourth-order valence-electron chi connectivity index (χ4n) is 4.79. The predicted molar refractivity (Wildman–Crippen MR) is 73.1 cm³/mol. The highest BCUT2D eigenvalue weighted by Gasteiger charge is 2.58. The number of hydrogen-bond donors (Lipinski definition) is 1. The Hall–Kier alpha value is -1.23. The Labute approximate surface area is 124 Å². The molecule has 0 heterocycles. The molecule has 6 atom stereocenters. The van der Waals surface area contributed by atoms with Crippen LogP contribution in [0.15, 0.2) is 0 Å². The average Bonchev–Trinajstić information content (AvgIpc) is 2.67. The molecule has 0 aromatic carbocycles. The molecule has 21 heavy (non-hydrogen) atoms. The van der Waals surface area contributed by atoms with Gasteiger partial charge in [-0.1, -0.05) is 0 Å². The maximum absolute atomic E-state index is 12.6. The van der Waals surface area contributed by atoms with Gasteiger partial charge in [-0.3, -0.25) is 14.4 Å². The molecule has 3 saturated carbocycles. The lowest BCUT2D eigenvalue weighted by atomic mass is 9.65. The van der Waals surface area contributed by atoms with Crippen LogP contribution in [0, 0.1) is 35.5 Å². The zero-order valence-electron chi connectivity index (χ0n) is 12.3. The molecule has 1 N–H and O–H groups in total. The Morgan fingerprint density at radius 1 is 1.29 bits per heavy atom. The van der Waals surface area contributed by atoms with Crippen LogP contribution >= 0.6 is 0 Å². The highest BCUT2D eigenvalue weighted by molar-refractivity contribution is 5.96. The quantitative estimate of drug-likeness (QED) is 0.785. The number of hydrogen-bond acceptors (Lipinski definition) is 5. The van der Waals surface area contributed by atoms with Gasteiger partial charge in [0.2, 0.25) is 0 Å². The third-order valence-electron chi connectivity index (χ3n) is 5.70. The summed E-state index contributed by atoms with van der Waals surface area (Å²) in [4.78, 5) is 36.8. The Kier molecular flexibility index (Phi) is 3.86. The minimum Gasteiger partial charge on any atom is -0.466 e. The second-order valence-corrected chi connectivity index (χ2v) is 6.58. The molecule has 3 aliphatic rings. The van der Waals surface area contributed by atoms with Crippen molar-refractivity contribution in [2.75, 3.05) is 13.2 Å². The van der Waals surface area contributed by atoms with Crippen molar-refractivity contribution in [1.29, 1.82) is 0 Å². The normalized spacial score (nSPS) is 41.8. The van der Waals surface area contributed by atoms with E-state index in [2.05, 4.69) is 0 Å². The van der Waals surface area contributed by atoms with Crippen LogP contribution in [0.25, 0.3) is 0 Å². The topological polar surface area (TPSA) is 80.7 Å². The Bertz CT molecular complexity index is 471. The number of aliphatic hydroxyl groups excluding tert-OH is 1. The van der Waals surface area contributed by atoms with E-state index in [1.165, 1.54) is 0 Å². The van der Waals surface area contributed by atoms with Crippen LogP contribution in [-0.2, 0) is 19.1 Å². The molecule has 4 bridgehead atoms. The first-order chi connectivity index (χ1) is 10.1. The first-order valence-corrected chi connectivity index (χ1v) is 7.92. The zero-order valence-corrected chi connectivity index (χ0v) is 12.3. The number of carbonyl (C=O) groups is 3. The Balaban J connectivity index is 1.88. The fourth-order valence-corrected chi connectivity index (χ4v) is 4.79. The molecule has 3 fully saturated rings. The molecule has 0 saturated heterocycles. The molecule has 0 aromatic rings. The number of fused-ring (bicyclic) bond motifs is 6. The van der Waals surface area contributed by atoms with Gasteiger partial charge in [0.05, 0.1) is 12.5 Å². The first kappa shape index (κ1) is 14.7. The van der Waals surface area contributed by atoms with Crippen LogP contribution in [0.4, 0.5) is 0 Å². The van der Waals surface area contributed by atoms with Gasteiger partial charge in [-0.25, -0.2) is 0 Å². The van der Waals surface area contributed by atoms with Crippen LogP contribution < -0.4 is 0 Å². The first-order valence-electron chi connectivity index (χ1n) is 7.92. The summed E-state index contributed by atoms with van der Waals surface area (Å²) in [5, 5.41) is 9.63. The van der Waals surface area contributed by atoms with E-state index in [9.17, 15) is 19.5 Å². The molecule has 0 amide bonds. The molecule has 3 rings (SSSR count). The summed E-state index contributed by atoms with van der Waals surface area (Å²) in [6.45, 7) is 2.09. The van der Waals surface area contributed by atoms with Gasteiger partial charge >= 0.3 is 5.97 Å². The summed E-state index contributed by atoms with van der Waals surface area (Å²) < 4.78 is 5.11. The van der Waals surface area contributed by atoms with Crippen molar-refractivity contribution in [3.8, 4) is 0 Å². The molecule has 116 valence electrons. The summed E-state index contributed by atoms with van der Waals surface area (Å²) in [7, 11) is 0. The maximum atomic E-state index is 12.6. The van der Waals surface area contributed by atoms with Crippen LogP contribution in [0.1, 0.15) is 32.6 Å². The highest BCUT2D eigenvalue weighted by Crippen LogP contribution is 2.53. The van der Waals surface area contributed by atoms with E-state index in [-0.39, 0.29) is 59.7 Å². The molecule has 0 radical (unpaired) electrons. The fraction of sp³-hybridized carbons (Fsp3) is 0.812. The lowest BCUT2D eigenvalue weighted by Crippen LogP contribution is -2.43. The molecular weight excluding hydrogens is 272 g/mol. The van der Waals surface area contributed by atoms with Crippen molar-refractivity contribution in [2.24, 2.45) is 35.5 Å². The number of rotatable bonds is 3. The van der Waals surface area contributed by atoms with E-state index in [1.54, 1.807) is 6.92 Å². The Morgan fingerprint density at radius 2 is 2.05 bits per heavy atom. The van der Waals surface area contributed by atoms with E-state index in [4.69, 9.17) is 4.74 Å². The van der Waals surface area contributed by atoms with Crippen molar-refractivity contribution < 1.29 is 24.2 Å². The summed E-state index contributed by atoms with van der Waals surface area (Å²) in [5.74, 6) is -1.22. The van der Waals surface area contributed by atoms with Gasteiger partial charge in [-0.2, -0.15) is 0 Å². The number of ketones is 2. The van der Waals surface area contributed by atoms with E-state index >= 15 is 0 Å². The SMILES string of the molecule is CCOC(=O)C1CC[C@@H]2C(=O)[C@H](C1)[C@H]1CC(=O)[C@@H]2C1CO. The monoisotopic (exact) mass is 294 g/mol. The van der Waals surface area contributed by atoms with Gasteiger partial charge in [0.25, 0.3) is 0 Å². The van der Waals surface area contributed by atoms with E-state index < -0.39 is 0 Å². The predicted octanol–water partition coefficient (Wildman–Crippen LogP) is 0.978. The number of ether oxygens (including phenoxy) is 1. The van der Waals surface area contributed by atoms with E-state index in [0.29, 0.717) is 32.3 Å². The van der Waals surface area contributed by atoms with Crippen LogP contribution in [0.2, 0.25) is 0 Å². The van der Waals surface area contributed by atoms with Crippen molar-refractivity contribution in [3.05, 3.63) is 0 Å². The largest absolute Gasteiger partial charge is 0.466 e. The van der Waals surface area contributed by atoms with Crippen LogP contribution in [-0.4, -0.2) is 35.9 Å². The number of carbonyl (C=O) groups excluding carboxylic acids is 3. The molecule has 5 nitrogen and oxygen atoms in total. The molecule has 0 spiro atoms. The van der Waals surface area contributed by atoms with E-state index in [0.717, 1.165) is 0 Å². The lowest BCUT2D eigenvalue weighted by molar-refractivity contribution is -0.149. The van der Waals surface area contributed by atoms with Gasteiger partial charge < -0.3 is 9.84 Å². The van der Waals surface area contributed by atoms with Crippen LogP contribution in [0.5, 0.6) is 0 Å². The standard InChI is InChI=1S/C16H22O5/c1-2-21-16(20)8-3-4-9-14-12(7-17)10(6-13(14)18)11(5-8)15(9)19/h8-12,14,17H,2-7H2,1H3/t8?,9-,10+,11+,12?,14-/m0/s1. The zero-order chi connectivity index (χ0) is 15.1. The van der Waals surface area contributed by atoms with Gasteiger partial charge in [-0.05, 0) is 38.0 Å². The molecular formula is C16H22O5. The minimum absolute atomic E-state index is 0.0363. The number of Topliss-reactive ketones (excluding diaryl/α,β-unsaturated/α-hetero) is 2. The third-order valence-corrected chi connectivity index (χ3v) is 5.70. The maximum Gasteiger partial charge on any atom is 0.308 e. The van der Waals surface area contributed by atoms with Crippen molar-refractivity contribution in [2.45, 2.75) is 32.6 Å². The van der Waals surface area contributed by atoms with Gasteiger partial charge in [0.15, 0.2) is 0 Å². The second kappa shape index (κ2) is 5.52. The smallest absolute Gasteiger partial charge is 0.308 e. The Morgan fingerprint density at radius 3 is 2.71 bits per heavy atom. The van der Waals surface area contributed by atoms with Gasteiger partial charge in [-0.15, -0.1) is 0 Å². The molecule has 0 aliphatic heterocycles. The summed E-state index contributed by atoms with van der Waals surface area (Å²) in [6.07, 6.45) is 2.05. The number of esters is 1. The average molecular weight is 294 g/mol. The summed E-state index contributed by atoms with van der Waals surface area (Å²) >= 11 is 0. The van der Waals surface area contributed by atoms with Crippen molar-refractivity contribution in [3.63, 3.8) is 0 Å². The van der Waals surface area contributed by atoms with E-state index in [1.807, 2.05) is 0 Å². The third kappa shape index (κ3) is 2.22. The van der Waals surface area contributed by atoms with Gasteiger partial charge in [0, 0.05) is 30.8 Å². The highest BCUT2D eigenvalue weighted by atomic mass is 16.5. The van der Waals surface area contributed by atoms with Crippen LogP contribution in [0.3, 0.4) is 0 Å². The summed E-state index contributed by atoms with van der Waals surface area (Å²) in [6, 6.07) is 0. The van der Waals surface area contributed by atoms with Crippen molar-refractivity contribution in [1.82, 2.24) is 0 Å². The number of aliphatic hydroxyl groups is 1. The molecule has 0 aromatic heterocycles. The molecule has 5 heteroatoms. The van der Waals surface area contributed by atoms with Gasteiger partial charge in [0.1, 0.15) is 11.6 Å². The molecule has 2 unspecified atom stereocenters. The minimum atomic E-state index is -0.315.